The Bertz CT molecular complexity index is 978. The number of nitrogens with one attached hydrogen (secondary N) is 1. The minimum atomic E-state index is -0.0961. The molecule has 1 aliphatic carbocycles. The van der Waals surface area contributed by atoms with E-state index in [-0.39, 0.29) is 11.7 Å². The fourth-order valence-electron chi connectivity index (χ4n) is 3.39. The van der Waals surface area contributed by atoms with Gasteiger partial charge in [-0.3, -0.25) is 9.36 Å². The highest BCUT2D eigenvalue weighted by molar-refractivity contribution is 7.99. The molecule has 9 heteroatoms. The molecule has 146 valence electrons. The van der Waals surface area contributed by atoms with Crippen LogP contribution in [0.4, 0.5) is 5.82 Å². The van der Waals surface area contributed by atoms with Gasteiger partial charge in [0.15, 0.2) is 5.16 Å². The lowest BCUT2D eigenvalue weighted by atomic mass is 10.2. The van der Waals surface area contributed by atoms with Gasteiger partial charge in [0.05, 0.1) is 23.7 Å². The van der Waals surface area contributed by atoms with Crippen molar-refractivity contribution in [2.45, 2.75) is 43.8 Å². The summed E-state index contributed by atoms with van der Waals surface area (Å²) in [5.74, 6) is 0.888. The van der Waals surface area contributed by atoms with E-state index in [1.54, 1.807) is 12.5 Å². The maximum absolute atomic E-state index is 12.5. The Kier molecular flexibility index (Phi) is 5.68. The number of hydrogen-bond acceptors (Lipinski definition) is 5. The molecular weight excluding hydrogens is 396 g/mol. The Morgan fingerprint density at radius 3 is 2.93 bits per heavy atom. The van der Waals surface area contributed by atoms with Crippen LogP contribution in [0.5, 0.6) is 0 Å². The van der Waals surface area contributed by atoms with Crippen LogP contribution in [0.3, 0.4) is 0 Å². The number of amides is 1. The van der Waals surface area contributed by atoms with Crippen molar-refractivity contribution in [2.75, 3.05) is 11.1 Å². The second-order valence-corrected chi connectivity index (χ2v) is 8.20. The van der Waals surface area contributed by atoms with E-state index in [1.165, 1.54) is 24.6 Å². The first kappa shape index (κ1) is 19.0. The molecule has 0 aliphatic heterocycles. The summed E-state index contributed by atoms with van der Waals surface area (Å²) >= 11 is 7.56. The summed E-state index contributed by atoms with van der Waals surface area (Å²) in [5, 5.41) is 16.8. The number of carbonyl (C=O) groups excluding carboxylic acids is 1. The molecule has 1 amide bonds. The van der Waals surface area contributed by atoms with Crippen molar-refractivity contribution in [2.24, 2.45) is 0 Å². The smallest absolute Gasteiger partial charge is 0.235 e. The van der Waals surface area contributed by atoms with Gasteiger partial charge in [-0.15, -0.1) is 10.2 Å². The number of halogens is 1. The predicted octanol–water partition coefficient (Wildman–Crippen LogP) is 4.27. The van der Waals surface area contributed by atoms with E-state index in [0.717, 1.165) is 29.9 Å². The van der Waals surface area contributed by atoms with Crippen LogP contribution in [0.25, 0.3) is 5.69 Å². The average molecular weight is 417 g/mol. The highest BCUT2D eigenvalue weighted by atomic mass is 35.5. The van der Waals surface area contributed by atoms with Crippen LogP contribution < -0.4 is 5.32 Å². The molecule has 0 saturated heterocycles. The van der Waals surface area contributed by atoms with Crippen LogP contribution in [0, 0.1) is 6.92 Å². The molecule has 2 heterocycles. The van der Waals surface area contributed by atoms with Gasteiger partial charge in [-0.2, -0.15) is 5.10 Å². The summed E-state index contributed by atoms with van der Waals surface area (Å²) in [4.78, 5) is 12.5. The average Bonchev–Trinajstić information content (AvgIpc) is 3.43. The van der Waals surface area contributed by atoms with E-state index in [2.05, 4.69) is 20.6 Å². The van der Waals surface area contributed by atoms with Gasteiger partial charge < -0.3 is 5.32 Å². The van der Waals surface area contributed by atoms with Gasteiger partial charge in [0.25, 0.3) is 0 Å². The summed E-state index contributed by atoms with van der Waals surface area (Å²) < 4.78 is 3.76. The second-order valence-electron chi connectivity index (χ2n) is 6.85. The zero-order chi connectivity index (χ0) is 19.5. The number of aromatic nitrogens is 5. The zero-order valence-electron chi connectivity index (χ0n) is 15.5. The van der Waals surface area contributed by atoms with Crippen LogP contribution in [0.1, 0.15) is 37.3 Å². The molecule has 7 nitrogen and oxygen atoms in total. The van der Waals surface area contributed by atoms with Crippen LogP contribution >= 0.6 is 23.4 Å². The maximum Gasteiger partial charge on any atom is 0.235 e. The Hall–Kier alpha value is -2.32. The van der Waals surface area contributed by atoms with Crippen LogP contribution in [0.15, 0.2) is 41.9 Å². The SMILES string of the molecule is Cc1ccc(-n2cnnc2SCC(=O)Nc2ccnn2C2CCCC2)cc1Cl. The lowest BCUT2D eigenvalue weighted by molar-refractivity contribution is -0.113. The highest BCUT2D eigenvalue weighted by Crippen LogP contribution is 2.31. The Balaban J connectivity index is 1.40. The lowest BCUT2D eigenvalue weighted by Gasteiger charge is -2.14. The zero-order valence-corrected chi connectivity index (χ0v) is 17.1. The highest BCUT2D eigenvalue weighted by Gasteiger charge is 2.20. The Labute approximate surface area is 172 Å². The molecule has 1 aliphatic rings. The van der Waals surface area contributed by atoms with E-state index in [9.17, 15) is 4.79 Å². The number of hydrogen-bond donors (Lipinski definition) is 1. The van der Waals surface area contributed by atoms with Gasteiger partial charge in [-0.25, -0.2) is 4.68 Å². The Morgan fingerprint density at radius 2 is 2.14 bits per heavy atom. The summed E-state index contributed by atoms with van der Waals surface area (Å²) in [6, 6.07) is 7.99. The van der Waals surface area contributed by atoms with Crippen molar-refractivity contribution in [3.05, 3.63) is 47.4 Å². The first-order valence-corrected chi connectivity index (χ1v) is 10.6. The summed E-state index contributed by atoms with van der Waals surface area (Å²) in [6.45, 7) is 1.95. The predicted molar refractivity (Wildman–Crippen MR) is 110 cm³/mol. The van der Waals surface area contributed by atoms with Crippen molar-refractivity contribution < 1.29 is 4.79 Å². The molecule has 3 aromatic rings. The van der Waals surface area contributed by atoms with E-state index in [1.807, 2.05) is 40.4 Å². The number of carbonyl (C=O) groups is 1. The van der Waals surface area contributed by atoms with Crippen molar-refractivity contribution in [3.8, 4) is 5.69 Å². The molecule has 1 fully saturated rings. The first-order chi connectivity index (χ1) is 13.6. The van der Waals surface area contributed by atoms with Crippen LogP contribution in [-0.4, -0.2) is 36.2 Å². The van der Waals surface area contributed by atoms with Crippen molar-refractivity contribution in [1.29, 1.82) is 0 Å². The largest absolute Gasteiger partial charge is 0.310 e. The fraction of sp³-hybridized carbons (Fsp3) is 0.368. The van der Waals surface area contributed by atoms with Crippen molar-refractivity contribution in [1.82, 2.24) is 24.5 Å². The van der Waals surface area contributed by atoms with Crippen LogP contribution in [0.2, 0.25) is 5.02 Å². The third kappa shape index (κ3) is 4.07. The molecule has 0 bridgehead atoms. The van der Waals surface area contributed by atoms with E-state index >= 15 is 0 Å². The Morgan fingerprint density at radius 1 is 1.32 bits per heavy atom. The first-order valence-electron chi connectivity index (χ1n) is 9.24. The number of benzene rings is 1. The molecular formula is C19H21ClN6OS. The number of nitrogens with zero attached hydrogens (tertiary/aromatic N) is 5. The summed E-state index contributed by atoms with van der Waals surface area (Å²) in [7, 11) is 0. The van der Waals surface area contributed by atoms with Crippen LogP contribution in [-0.2, 0) is 4.79 Å². The second kappa shape index (κ2) is 8.36. The molecule has 1 saturated carbocycles. The van der Waals surface area contributed by atoms with E-state index in [4.69, 9.17) is 11.6 Å². The molecule has 0 radical (unpaired) electrons. The normalized spacial score (nSPS) is 14.5. The number of aryl methyl sites for hydroxylation is 1. The molecule has 28 heavy (non-hydrogen) atoms. The topological polar surface area (TPSA) is 77.6 Å². The number of anilines is 1. The third-order valence-electron chi connectivity index (χ3n) is 4.89. The quantitative estimate of drug-likeness (QED) is 0.607. The minimum Gasteiger partial charge on any atom is -0.310 e. The number of rotatable bonds is 6. The third-order valence-corrected chi connectivity index (χ3v) is 6.24. The summed E-state index contributed by atoms with van der Waals surface area (Å²) in [5.41, 5.74) is 1.87. The molecule has 1 aromatic carbocycles. The molecule has 2 aromatic heterocycles. The lowest BCUT2D eigenvalue weighted by Crippen LogP contribution is -2.19. The molecule has 4 rings (SSSR count). The fourth-order valence-corrected chi connectivity index (χ4v) is 4.30. The van der Waals surface area contributed by atoms with E-state index in [0.29, 0.717) is 16.2 Å². The van der Waals surface area contributed by atoms with Gasteiger partial charge in [0.1, 0.15) is 12.1 Å². The van der Waals surface area contributed by atoms with Gasteiger partial charge in [0, 0.05) is 11.1 Å². The molecule has 0 unspecified atom stereocenters. The minimum absolute atomic E-state index is 0.0961. The molecule has 0 spiro atoms. The summed E-state index contributed by atoms with van der Waals surface area (Å²) in [6.07, 6.45) is 8.01. The van der Waals surface area contributed by atoms with Crippen molar-refractivity contribution in [3.63, 3.8) is 0 Å². The molecule has 0 atom stereocenters. The standard InChI is InChI=1S/C19H21ClN6OS/c1-13-6-7-15(10-16(13)20)25-12-21-24-19(25)28-11-18(27)23-17-8-9-22-26(17)14-4-2-3-5-14/h6-10,12,14H,2-5,11H2,1H3,(H,23,27). The van der Waals surface area contributed by atoms with Gasteiger partial charge in [-0.1, -0.05) is 42.3 Å². The van der Waals surface area contributed by atoms with Gasteiger partial charge in [-0.05, 0) is 37.5 Å². The van der Waals surface area contributed by atoms with Crippen molar-refractivity contribution >= 4 is 35.1 Å². The van der Waals surface area contributed by atoms with E-state index < -0.39 is 0 Å². The number of thioether (sulfide) groups is 1. The monoisotopic (exact) mass is 416 g/mol. The molecule has 1 N–H and O–H groups in total. The maximum atomic E-state index is 12.5. The van der Waals surface area contributed by atoms with Gasteiger partial charge >= 0.3 is 0 Å². The van der Waals surface area contributed by atoms with Gasteiger partial charge in [0.2, 0.25) is 5.91 Å².